The second-order valence-corrected chi connectivity index (χ2v) is 12.3. The molecular formula is C32H48N2+2. The van der Waals surface area contributed by atoms with E-state index in [9.17, 15) is 0 Å². The number of rotatable bonds is 8. The fourth-order valence-corrected chi connectivity index (χ4v) is 5.69. The summed E-state index contributed by atoms with van der Waals surface area (Å²) < 4.78 is 2.13. The molecule has 2 nitrogen and oxygen atoms in total. The van der Waals surface area contributed by atoms with Crippen molar-refractivity contribution in [2.24, 2.45) is 10.8 Å². The van der Waals surface area contributed by atoms with Crippen LogP contribution in [0.3, 0.4) is 0 Å². The van der Waals surface area contributed by atoms with Gasteiger partial charge in [0.05, 0.1) is 40.3 Å². The van der Waals surface area contributed by atoms with Gasteiger partial charge in [-0.1, -0.05) is 72.9 Å². The van der Waals surface area contributed by atoms with Gasteiger partial charge < -0.3 is 8.97 Å². The van der Waals surface area contributed by atoms with Crippen molar-refractivity contribution in [2.45, 2.75) is 51.6 Å². The molecule has 2 atom stereocenters. The zero-order valence-corrected chi connectivity index (χ0v) is 22.6. The van der Waals surface area contributed by atoms with Crippen LogP contribution in [0.1, 0.15) is 39.5 Å². The molecule has 3 rings (SSSR count). The summed E-state index contributed by atoms with van der Waals surface area (Å²) >= 11 is 0. The first-order valence-electron chi connectivity index (χ1n) is 13.0. The first-order chi connectivity index (χ1) is 15.9. The molecule has 2 heteroatoms. The lowest BCUT2D eigenvalue weighted by molar-refractivity contribution is -0.926. The molecule has 0 spiro atoms. The molecule has 0 radical (unpaired) electrons. The lowest BCUT2D eigenvalue weighted by Crippen LogP contribution is -2.56. The standard InChI is InChI=1S/C32H48N2/c1-9-31(3)21-11-13-27(19-23-31)25-33(5,6)29-15-17-30(18-16-29)34(7,8)26-28-14-12-22-32(4,10-2)24-20-28/h9-14,19-24,29-30H,1-2,15-18,25-26H2,3-8H3/q+2. The van der Waals surface area contributed by atoms with E-state index in [0.29, 0.717) is 0 Å². The van der Waals surface area contributed by atoms with Crippen LogP contribution in [-0.4, -0.2) is 62.3 Å². The van der Waals surface area contributed by atoms with E-state index in [1.807, 2.05) is 12.2 Å². The number of nitrogens with zero attached hydrogens (tertiary/aromatic N) is 2. The maximum atomic E-state index is 4.00. The van der Waals surface area contributed by atoms with Gasteiger partial charge in [0.2, 0.25) is 0 Å². The van der Waals surface area contributed by atoms with E-state index in [1.54, 1.807) is 0 Å². The Bertz CT molecular complexity index is 865. The third kappa shape index (κ3) is 6.49. The van der Waals surface area contributed by atoms with E-state index in [2.05, 4.69) is 116 Å². The van der Waals surface area contributed by atoms with Gasteiger partial charge in [0.15, 0.2) is 0 Å². The molecule has 0 bridgehead atoms. The Morgan fingerprint density at radius 2 is 1.06 bits per heavy atom. The van der Waals surface area contributed by atoms with E-state index in [-0.39, 0.29) is 10.8 Å². The minimum absolute atomic E-state index is 0.0426. The van der Waals surface area contributed by atoms with Gasteiger partial charge in [-0.2, -0.15) is 0 Å². The fourth-order valence-electron chi connectivity index (χ4n) is 5.69. The molecule has 0 heterocycles. The van der Waals surface area contributed by atoms with Gasteiger partial charge in [-0.15, -0.1) is 13.2 Å². The van der Waals surface area contributed by atoms with Crippen LogP contribution in [0.5, 0.6) is 0 Å². The van der Waals surface area contributed by atoms with Gasteiger partial charge >= 0.3 is 0 Å². The molecule has 0 aromatic rings. The Labute approximate surface area is 209 Å². The lowest BCUT2D eigenvalue weighted by atomic mass is 9.86. The van der Waals surface area contributed by atoms with Crippen molar-refractivity contribution in [1.82, 2.24) is 0 Å². The highest BCUT2D eigenvalue weighted by Gasteiger charge is 2.39. The molecule has 34 heavy (non-hydrogen) atoms. The highest BCUT2D eigenvalue weighted by Crippen LogP contribution is 2.33. The Balaban J connectivity index is 1.58. The SMILES string of the molecule is C=CC1(C)C=CC=C(C[N+](C)(C)C2CCC([N+](C)(C)CC3=CC=CC(C)(C=C)C=C3)CC2)C=C1. The highest BCUT2D eigenvalue weighted by molar-refractivity contribution is 5.35. The Morgan fingerprint density at radius 1 is 0.706 bits per heavy atom. The van der Waals surface area contributed by atoms with Gasteiger partial charge in [-0.3, -0.25) is 0 Å². The van der Waals surface area contributed by atoms with Crippen LogP contribution in [0.25, 0.3) is 0 Å². The van der Waals surface area contributed by atoms with Crippen LogP contribution in [-0.2, 0) is 0 Å². The summed E-state index contributed by atoms with van der Waals surface area (Å²) in [4.78, 5) is 0. The third-order valence-corrected chi connectivity index (χ3v) is 8.55. The summed E-state index contributed by atoms with van der Waals surface area (Å²) in [5, 5.41) is 0. The summed E-state index contributed by atoms with van der Waals surface area (Å²) in [5.41, 5.74) is 2.74. The number of hydrogen-bond acceptors (Lipinski definition) is 0. The maximum absolute atomic E-state index is 4.00. The van der Waals surface area contributed by atoms with Crippen LogP contribution in [0.2, 0.25) is 0 Å². The van der Waals surface area contributed by atoms with Crippen LogP contribution < -0.4 is 0 Å². The monoisotopic (exact) mass is 460 g/mol. The van der Waals surface area contributed by atoms with Crippen molar-refractivity contribution in [3.8, 4) is 0 Å². The normalized spacial score (nSPS) is 31.9. The van der Waals surface area contributed by atoms with Crippen LogP contribution in [0.15, 0.2) is 97.2 Å². The van der Waals surface area contributed by atoms with Crippen molar-refractivity contribution in [3.63, 3.8) is 0 Å². The molecule has 1 saturated carbocycles. The molecule has 3 aliphatic rings. The average Bonchev–Trinajstić information content (AvgIpc) is 3.10. The van der Waals surface area contributed by atoms with E-state index >= 15 is 0 Å². The summed E-state index contributed by atoms with van der Waals surface area (Å²) in [7, 11) is 9.69. The first kappa shape index (κ1) is 26.4. The molecule has 0 aromatic carbocycles. The summed E-state index contributed by atoms with van der Waals surface area (Å²) in [6.45, 7) is 14.6. The van der Waals surface area contributed by atoms with E-state index in [1.165, 1.54) is 36.8 Å². The smallest absolute Gasteiger partial charge is 0.104 e. The van der Waals surface area contributed by atoms with Crippen molar-refractivity contribution in [1.29, 1.82) is 0 Å². The molecule has 0 amide bonds. The predicted octanol–water partition coefficient (Wildman–Crippen LogP) is 6.94. The van der Waals surface area contributed by atoms with E-state index < -0.39 is 0 Å². The quantitative estimate of drug-likeness (QED) is 0.272. The van der Waals surface area contributed by atoms with Crippen molar-refractivity contribution in [3.05, 3.63) is 97.2 Å². The number of allylic oxidation sites excluding steroid dienone is 10. The second kappa shape index (κ2) is 10.2. The molecule has 3 aliphatic carbocycles. The van der Waals surface area contributed by atoms with Gasteiger partial charge in [-0.05, 0) is 13.8 Å². The van der Waals surface area contributed by atoms with Crippen LogP contribution >= 0.6 is 0 Å². The van der Waals surface area contributed by atoms with Crippen molar-refractivity contribution in [2.75, 3.05) is 41.3 Å². The highest BCUT2D eigenvalue weighted by atomic mass is 15.4. The Hall–Kier alpha value is -2.16. The molecule has 0 N–H and O–H groups in total. The molecule has 0 saturated heterocycles. The molecule has 0 aliphatic heterocycles. The minimum atomic E-state index is -0.0426. The lowest BCUT2D eigenvalue weighted by Gasteiger charge is -2.46. The van der Waals surface area contributed by atoms with Gasteiger partial charge in [0, 0.05) is 47.7 Å². The third-order valence-electron chi connectivity index (χ3n) is 8.55. The number of likely N-dealkylation sites (N-methyl/N-ethyl adjacent to an activating group) is 2. The zero-order valence-electron chi connectivity index (χ0n) is 22.6. The molecule has 2 unspecified atom stereocenters. The molecular weight excluding hydrogens is 412 g/mol. The summed E-state index contributed by atoms with van der Waals surface area (Å²) in [6.07, 6.45) is 31.9. The fraction of sp³-hybridized carbons (Fsp3) is 0.500. The maximum Gasteiger partial charge on any atom is 0.104 e. The van der Waals surface area contributed by atoms with Gasteiger partial charge in [0.1, 0.15) is 13.1 Å². The summed E-state index contributed by atoms with van der Waals surface area (Å²) in [5.74, 6) is 0. The zero-order chi connectivity index (χ0) is 25.0. The topological polar surface area (TPSA) is 0 Å². The minimum Gasteiger partial charge on any atom is -0.322 e. The molecule has 184 valence electrons. The Kier molecular flexibility index (Phi) is 7.95. The number of quaternary nitrogens is 2. The first-order valence-corrected chi connectivity index (χ1v) is 13.0. The number of hydrogen-bond donors (Lipinski definition) is 0. The molecule has 0 aromatic heterocycles. The van der Waals surface area contributed by atoms with Crippen LogP contribution in [0.4, 0.5) is 0 Å². The van der Waals surface area contributed by atoms with E-state index in [4.69, 9.17) is 0 Å². The van der Waals surface area contributed by atoms with E-state index in [0.717, 1.165) is 34.1 Å². The Morgan fingerprint density at radius 3 is 1.38 bits per heavy atom. The van der Waals surface area contributed by atoms with Crippen LogP contribution in [0, 0.1) is 10.8 Å². The average molecular weight is 461 g/mol. The van der Waals surface area contributed by atoms with Gasteiger partial charge in [0.25, 0.3) is 0 Å². The summed E-state index contributed by atoms with van der Waals surface area (Å²) in [6, 6.07) is 1.44. The van der Waals surface area contributed by atoms with Crippen molar-refractivity contribution < 1.29 is 8.97 Å². The van der Waals surface area contributed by atoms with Gasteiger partial charge in [-0.25, -0.2) is 0 Å². The molecule has 1 fully saturated rings. The predicted molar refractivity (Wildman–Crippen MR) is 149 cm³/mol. The van der Waals surface area contributed by atoms with Crippen molar-refractivity contribution >= 4 is 0 Å². The second-order valence-electron chi connectivity index (χ2n) is 12.3. The largest absolute Gasteiger partial charge is 0.322 e.